The number of rotatable bonds is 2. The first kappa shape index (κ1) is 10.8. The molecular weight excluding hydrogens is 232 g/mol. The van der Waals surface area contributed by atoms with Gasteiger partial charge in [0.05, 0.1) is 0 Å². The molecule has 0 bridgehead atoms. The topological polar surface area (TPSA) is 29.5 Å². The molecule has 0 spiro atoms. The molecule has 17 heavy (non-hydrogen) atoms. The summed E-state index contributed by atoms with van der Waals surface area (Å²) in [6.45, 7) is 2.05. The van der Waals surface area contributed by atoms with Gasteiger partial charge in [-0.2, -0.15) is 0 Å². The highest BCUT2D eigenvalue weighted by atomic mass is 32.1. The molecule has 1 aliphatic rings. The lowest BCUT2D eigenvalue weighted by Gasteiger charge is -2.16. The number of aryl methyl sites for hydroxylation is 1. The van der Waals surface area contributed by atoms with Gasteiger partial charge in [0.2, 0.25) is 0 Å². The van der Waals surface area contributed by atoms with Crippen molar-refractivity contribution in [3.05, 3.63) is 51.7 Å². The largest absolute Gasteiger partial charge is 0.487 e. The van der Waals surface area contributed by atoms with Crippen molar-refractivity contribution < 1.29 is 9.84 Å². The number of ether oxygens (including phenoxy) is 1. The maximum absolute atomic E-state index is 10.3. The Kier molecular flexibility index (Phi) is 2.65. The second-order valence-electron chi connectivity index (χ2n) is 4.36. The van der Waals surface area contributed by atoms with Crippen molar-refractivity contribution in [3.63, 3.8) is 0 Å². The maximum Gasteiger partial charge on any atom is 0.134 e. The lowest BCUT2D eigenvalue weighted by Crippen LogP contribution is -2.22. The summed E-state index contributed by atoms with van der Waals surface area (Å²) in [5.74, 6) is 0.907. The highest BCUT2D eigenvalue weighted by Crippen LogP contribution is 2.35. The van der Waals surface area contributed by atoms with Gasteiger partial charge in [-0.15, -0.1) is 11.3 Å². The quantitative estimate of drug-likeness (QED) is 0.882. The van der Waals surface area contributed by atoms with Gasteiger partial charge in [-0.1, -0.05) is 18.2 Å². The molecule has 3 rings (SSSR count). The summed E-state index contributed by atoms with van der Waals surface area (Å²) in [4.78, 5) is 2.20. The first-order chi connectivity index (χ1) is 8.24. The van der Waals surface area contributed by atoms with Crippen molar-refractivity contribution in [2.75, 3.05) is 0 Å². The molecule has 1 aromatic heterocycles. The highest BCUT2D eigenvalue weighted by Gasteiger charge is 2.30. The molecular formula is C14H14O2S. The third-order valence-electron chi connectivity index (χ3n) is 3.08. The number of aliphatic hydroxyl groups is 1. The molecule has 0 radical (unpaired) electrons. The number of aliphatic hydroxyl groups excluding tert-OH is 1. The van der Waals surface area contributed by atoms with E-state index < -0.39 is 6.10 Å². The molecule has 2 nitrogen and oxygen atoms in total. The molecule has 0 fully saturated rings. The fourth-order valence-electron chi connectivity index (χ4n) is 2.18. The van der Waals surface area contributed by atoms with E-state index in [0.717, 1.165) is 17.0 Å². The highest BCUT2D eigenvalue weighted by molar-refractivity contribution is 7.12. The SMILES string of the molecule is Cc1ccc(C(O)C2Cc3ccccc3O2)s1. The normalized spacial score (nSPS) is 19.8. The summed E-state index contributed by atoms with van der Waals surface area (Å²) in [5.41, 5.74) is 1.19. The van der Waals surface area contributed by atoms with Crippen molar-refractivity contribution >= 4 is 11.3 Å². The van der Waals surface area contributed by atoms with Gasteiger partial charge in [-0.25, -0.2) is 0 Å². The lowest BCUT2D eigenvalue weighted by atomic mass is 10.1. The van der Waals surface area contributed by atoms with E-state index in [-0.39, 0.29) is 6.10 Å². The van der Waals surface area contributed by atoms with Gasteiger partial charge in [0.1, 0.15) is 18.0 Å². The Bertz CT molecular complexity index is 508. The molecule has 0 saturated carbocycles. The molecule has 1 aliphatic heterocycles. The summed E-state index contributed by atoms with van der Waals surface area (Å²) in [5, 5.41) is 10.3. The van der Waals surface area contributed by atoms with Gasteiger partial charge in [0, 0.05) is 16.2 Å². The lowest BCUT2D eigenvalue weighted by molar-refractivity contribution is 0.0517. The van der Waals surface area contributed by atoms with Gasteiger partial charge >= 0.3 is 0 Å². The van der Waals surface area contributed by atoms with E-state index in [4.69, 9.17) is 4.74 Å². The van der Waals surface area contributed by atoms with Crippen LogP contribution >= 0.6 is 11.3 Å². The Morgan fingerprint density at radius 1 is 1.29 bits per heavy atom. The van der Waals surface area contributed by atoms with E-state index in [1.165, 1.54) is 10.4 Å². The van der Waals surface area contributed by atoms with Gasteiger partial charge < -0.3 is 9.84 Å². The summed E-state index contributed by atoms with van der Waals surface area (Å²) < 4.78 is 5.79. The summed E-state index contributed by atoms with van der Waals surface area (Å²) in [6, 6.07) is 12.0. The second-order valence-corrected chi connectivity index (χ2v) is 5.68. The van der Waals surface area contributed by atoms with Crippen molar-refractivity contribution in [2.24, 2.45) is 0 Å². The molecule has 2 unspecified atom stereocenters. The van der Waals surface area contributed by atoms with Gasteiger partial charge in [-0.05, 0) is 30.7 Å². The second kappa shape index (κ2) is 4.17. The Labute approximate surface area is 104 Å². The fraction of sp³-hybridized carbons (Fsp3) is 0.286. The summed E-state index contributed by atoms with van der Waals surface area (Å²) >= 11 is 1.63. The van der Waals surface area contributed by atoms with Crippen LogP contribution in [-0.2, 0) is 6.42 Å². The van der Waals surface area contributed by atoms with Crippen molar-refractivity contribution in [3.8, 4) is 5.75 Å². The molecule has 2 atom stereocenters. The maximum atomic E-state index is 10.3. The van der Waals surface area contributed by atoms with Crippen LogP contribution in [0, 0.1) is 6.92 Å². The molecule has 1 aromatic carbocycles. The Morgan fingerprint density at radius 2 is 2.12 bits per heavy atom. The molecule has 0 saturated heterocycles. The van der Waals surface area contributed by atoms with E-state index in [9.17, 15) is 5.11 Å². The molecule has 88 valence electrons. The summed E-state index contributed by atoms with van der Waals surface area (Å²) in [7, 11) is 0. The number of thiophene rings is 1. The fourth-order valence-corrected chi connectivity index (χ4v) is 3.10. The third kappa shape index (κ3) is 1.96. The number of benzene rings is 1. The monoisotopic (exact) mass is 246 g/mol. The van der Waals surface area contributed by atoms with Crippen LogP contribution in [0.15, 0.2) is 36.4 Å². The van der Waals surface area contributed by atoms with Gasteiger partial charge in [-0.3, -0.25) is 0 Å². The number of fused-ring (bicyclic) bond motifs is 1. The Balaban J connectivity index is 1.80. The minimum absolute atomic E-state index is 0.148. The van der Waals surface area contributed by atoms with Crippen LogP contribution in [0.1, 0.15) is 21.4 Å². The number of hydrogen-bond donors (Lipinski definition) is 1. The number of hydrogen-bond acceptors (Lipinski definition) is 3. The van der Waals surface area contributed by atoms with Gasteiger partial charge in [0.25, 0.3) is 0 Å². The van der Waals surface area contributed by atoms with Crippen LogP contribution in [0.3, 0.4) is 0 Å². The minimum Gasteiger partial charge on any atom is -0.487 e. The molecule has 0 aliphatic carbocycles. The zero-order valence-electron chi connectivity index (χ0n) is 9.59. The van der Waals surface area contributed by atoms with Crippen LogP contribution in [0.25, 0.3) is 0 Å². The Hall–Kier alpha value is -1.32. The molecule has 2 heterocycles. The zero-order valence-corrected chi connectivity index (χ0v) is 10.4. The molecule has 0 amide bonds. The molecule has 3 heteroatoms. The number of para-hydroxylation sites is 1. The van der Waals surface area contributed by atoms with E-state index in [0.29, 0.717) is 0 Å². The minimum atomic E-state index is -0.527. The van der Waals surface area contributed by atoms with Crippen molar-refractivity contribution in [2.45, 2.75) is 25.6 Å². The Morgan fingerprint density at radius 3 is 2.82 bits per heavy atom. The van der Waals surface area contributed by atoms with E-state index >= 15 is 0 Å². The van der Waals surface area contributed by atoms with Crippen LogP contribution in [-0.4, -0.2) is 11.2 Å². The average molecular weight is 246 g/mol. The smallest absolute Gasteiger partial charge is 0.134 e. The van der Waals surface area contributed by atoms with Crippen LogP contribution in [0.4, 0.5) is 0 Å². The summed E-state index contributed by atoms with van der Waals surface area (Å²) in [6.07, 6.45) is 0.112. The first-order valence-corrected chi connectivity index (χ1v) is 6.54. The van der Waals surface area contributed by atoms with E-state index in [2.05, 4.69) is 6.07 Å². The standard InChI is InChI=1S/C14H14O2S/c1-9-6-7-13(17-9)14(15)12-8-10-4-2-3-5-11(10)16-12/h2-7,12,14-15H,8H2,1H3. The van der Waals surface area contributed by atoms with Crippen LogP contribution < -0.4 is 4.74 Å². The van der Waals surface area contributed by atoms with E-state index in [1.54, 1.807) is 11.3 Å². The predicted molar refractivity (Wildman–Crippen MR) is 68.6 cm³/mol. The van der Waals surface area contributed by atoms with Crippen molar-refractivity contribution in [1.29, 1.82) is 0 Å². The first-order valence-electron chi connectivity index (χ1n) is 5.73. The van der Waals surface area contributed by atoms with Gasteiger partial charge in [0.15, 0.2) is 0 Å². The molecule has 2 aromatic rings. The zero-order chi connectivity index (χ0) is 11.8. The van der Waals surface area contributed by atoms with Crippen LogP contribution in [0.2, 0.25) is 0 Å². The van der Waals surface area contributed by atoms with Crippen molar-refractivity contribution in [1.82, 2.24) is 0 Å². The average Bonchev–Trinajstić information content (AvgIpc) is 2.93. The molecule has 1 N–H and O–H groups in total. The third-order valence-corrected chi connectivity index (χ3v) is 4.15. The van der Waals surface area contributed by atoms with Crippen LogP contribution in [0.5, 0.6) is 5.75 Å². The predicted octanol–water partition coefficient (Wildman–Crippen LogP) is 3.09. The van der Waals surface area contributed by atoms with E-state index in [1.807, 2.05) is 37.3 Å².